The van der Waals surface area contributed by atoms with Crippen molar-refractivity contribution < 1.29 is 13.6 Å². The summed E-state index contributed by atoms with van der Waals surface area (Å²) in [5, 5.41) is 3.45. The molecule has 1 atom stereocenters. The number of thiazole rings is 1. The second kappa shape index (κ2) is 9.87. The van der Waals surface area contributed by atoms with Crippen LogP contribution in [0.4, 0.5) is 13.9 Å². The minimum absolute atomic E-state index is 0.00952. The fourth-order valence-corrected chi connectivity index (χ4v) is 6.00. The molecule has 4 rings (SSSR count). The number of likely N-dealkylation sites (tertiary alicyclic amines) is 1. The Morgan fingerprint density at radius 2 is 2.06 bits per heavy atom. The average Bonchev–Trinajstić information content (AvgIpc) is 3.15. The van der Waals surface area contributed by atoms with Crippen LogP contribution in [0.5, 0.6) is 0 Å². The van der Waals surface area contributed by atoms with Gasteiger partial charge in [0.15, 0.2) is 5.13 Å². The van der Waals surface area contributed by atoms with Crippen LogP contribution >= 0.6 is 27.3 Å². The second-order valence-corrected chi connectivity index (χ2v) is 10.1. The molecule has 31 heavy (non-hydrogen) atoms. The first-order chi connectivity index (χ1) is 14.9. The van der Waals surface area contributed by atoms with Gasteiger partial charge in [0, 0.05) is 31.7 Å². The van der Waals surface area contributed by atoms with E-state index in [1.165, 1.54) is 37.3 Å². The van der Waals surface area contributed by atoms with Crippen molar-refractivity contribution in [3.8, 4) is 0 Å². The van der Waals surface area contributed by atoms with Gasteiger partial charge in [0.1, 0.15) is 21.1 Å². The second-order valence-electron chi connectivity index (χ2n) is 8.34. The van der Waals surface area contributed by atoms with Crippen molar-refractivity contribution in [2.24, 2.45) is 5.92 Å². The highest BCUT2D eigenvalue weighted by Gasteiger charge is 2.29. The first-order valence-corrected chi connectivity index (χ1v) is 12.2. The molecule has 6 nitrogen and oxygen atoms in total. The van der Waals surface area contributed by atoms with Gasteiger partial charge in [0.05, 0.1) is 18.4 Å². The average molecular weight is 514 g/mol. The van der Waals surface area contributed by atoms with E-state index in [4.69, 9.17) is 0 Å². The Balaban J connectivity index is 1.33. The summed E-state index contributed by atoms with van der Waals surface area (Å²) in [4.78, 5) is 26.1. The van der Waals surface area contributed by atoms with Crippen molar-refractivity contribution in [2.45, 2.75) is 45.2 Å². The van der Waals surface area contributed by atoms with Crippen molar-refractivity contribution in [3.63, 3.8) is 0 Å². The Labute approximate surface area is 193 Å². The molecule has 2 aromatic heterocycles. The number of carbonyl (C=O) groups excluding carboxylic acids is 1. The molecule has 10 heteroatoms. The summed E-state index contributed by atoms with van der Waals surface area (Å²) < 4.78 is 27.2. The van der Waals surface area contributed by atoms with Crippen LogP contribution in [0, 0.1) is 17.6 Å². The maximum absolute atomic E-state index is 13.7. The van der Waals surface area contributed by atoms with Crippen LogP contribution in [0.3, 0.4) is 0 Å². The third kappa shape index (κ3) is 5.40. The van der Waals surface area contributed by atoms with Gasteiger partial charge in [-0.2, -0.15) is 0 Å². The number of amides is 1. The maximum atomic E-state index is 13.7. The normalized spacial score (nSPS) is 20.8. The SMILES string of the molecule is C[C@@H]1CCCN(C2CCN(c3nc(Br)c(C(=O)NCc4ncc(F)cc4F)s3)CC2)C1. The van der Waals surface area contributed by atoms with E-state index >= 15 is 0 Å². The number of halogens is 3. The molecule has 0 unspecified atom stereocenters. The third-order valence-electron chi connectivity index (χ3n) is 6.02. The van der Waals surface area contributed by atoms with Gasteiger partial charge in [-0.05, 0) is 54.1 Å². The molecule has 4 heterocycles. The first kappa shape index (κ1) is 22.5. The molecule has 2 aliphatic rings. The van der Waals surface area contributed by atoms with Gasteiger partial charge >= 0.3 is 0 Å². The number of nitrogens with one attached hydrogen (secondary N) is 1. The predicted octanol–water partition coefficient (Wildman–Crippen LogP) is 4.21. The smallest absolute Gasteiger partial charge is 0.264 e. The van der Waals surface area contributed by atoms with E-state index in [1.807, 2.05) is 0 Å². The van der Waals surface area contributed by atoms with E-state index in [0.29, 0.717) is 15.5 Å². The molecular weight excluding hydrogens is 488 g/mol. The topological polar surface area (TPSA) is 61.4 Å². The van der Waals surface area contributed by atoms with Crippen molar-refractivity contribution in [3.05, 3.63) is 39.1 Å². The molecule has 0 aromatic carbocycles. The Morgan fingerprint density at radius 3 is 2.77 bits per heavy atom. The Bertz CT molecular complexity index is 934. The summed E-state index contributed by atoms with van der Waals surface area (Å²) in [5.41, 5.74) is -0.00952. The molecule has 168 valence electrons. The molecule has 1 N–H and O–H groups in total. The van der Waals surface area contributed by atoms with E-state index in [0.717, 1.165) is 49.2 Å². The summed E-state index contributed by atoms with van der Waals surface area (Å²) in [7, 11) is 0. The molecule has 0 aliphatic carbocycles. The lowest BCUT2D eigenvalue weighted by atomic mass is 9.95. The van der Waals surface area contributed by atoms with Crippen LogP contribution < -0.4 is 10.2 Å². The van der Waals surface area contributed by atoms with Crippen molar-refractivity contribution in [1.29, 1.82) is 0 Å². The van der Waals surface area contributed by atoms with E-state index in [1.54, 1.807) is 0 Å². The van der Waals surface area contributed by atoms with Crippen molar-refractivity contribution in [1.82, 2.24) is 20.2 Å². The summed E-state index contributed by atoms with van der Waals surface area (Å²) in [6.07, 6.45) is 5.75. The zero-order valence-electron chi connectivity index (χ0n) is 17.4. The standard InChI is InChI=1S/C21H26BrF2N5OS/c1-13-3-2-6-29(12-13)15-4-7-28(8-5-15)21-27-19(22)18(31-21)20(30)26-11-17-16(24)9-14(23)10-25-17/h9-10,13,15H,2-8,11-12H2,1H3,(H,26,30)/t13-/m1/s1. The van der Waals surface area contributed by atoms with E-state index in [-0.39, 0.29) is 18.1 Å². The van der Waals surface area contributed by atoms with Gasteiger partial charge in [-0.25, -0.2) is 13.8 Å². The van der Waals surface area contributed by atoms with Crippen LogP contribution in [-0.2, 0) is 6.54 Å². The number of carbonyl (C=O) groups is 1. The number of hydrogen-bond donors (Lipinski definition) is 1. The number of aromatic nitrogens is 2. The summed E-state index contributed by atoms with van der Waals surface area (Å²) in [6.45, 7) is 6.45. The Kier molecular flexibility index (Phi) is 7.18. The maximum Gasteiger partial charge on any atom is 0.264 e. The van der Waals surface area contributed by atoms with Gasteiger partial charge in [0.25, 0.3) is 5.91 Å². The summed E-state index contributed by atoms with van der Waals surface area (Å²) >= 11 is 4.70. The van der Waals surface area contributed by atoms with E-state index < -0.39 is 11.6 Å². The fourth-order valence-electron chi connectivity index (χ4n) is 4.36. The van der Waals surface area contributed by atoms with E-state index in [2.05, 4.69) is 47.9 Å². The van der Waals surface area contributed by atoms with Crippen LogP contribution in [0.25, 0.3) is 0 Å². The largest absolute Gasteiger partial charge is 0.348 e. The van der Waals surface area contributed by atoms with Gasteiger partial charge in [-0.15, -0.1) is 0 Å². The molecule has 2 fully saturated rings. The molecule has 0 spiro atoms. The number of pyridine rings is 1. The predicted molar refractivity (Wildman–Crippen MR) is 120 cm³/mol. The van der Waals surface area contributed by atoms with Crippen LogP contribution in [0.2, 0.25) is 0 Å². The third-order valence-corrected chi connectivity index (χ3v) is 7.97. The Hall–Kier alpha value is -1.65. The van der Waals surface area contributed by atoms with E-state index in [9.17, 15) is 13.6 Å². The molecule has 1 amide bonds. The Morgan fingerprint density at radius 1 is 1.29 bits per heavy atom. The van der Waals surface area contributed by atoms with Crippen LogP contribution in [0.15, 0.2) is 16.9 Å². The quantitative estimate of drug-likeness (QED) is 0.648. The number of anilines is 1. The lowest BCUT2D eigenvalue weighted by molar-refractivity contribution is 0.0953. The number of piperidine rings is 2. The van der Waals surface area contributed by atoms with Gasteiger partial charge in [-0.3, -0.25) is 14.7 Å². The number of rotatable bonds is 5. The van der Waals surface area contributed by atoms with Crippen molar-refractivity contribution >= 4 is 38.3 Å². The molecule has 2 aromatic rings. The highest BCUT2D eigenvalue weighted by molar-refractivity contribution is 9.10. The van der Waals surface area contributed by atoms with Crippen LogP contribution in [0.1, 0.15) is 48.0 Å². The lowest BCUT2D eigenvalue weighted by Crippen LogP contribution is -2.48. The minimum Gasteiger partial charge on any atom is -0.348 e. The lowest BCUT2D eigenvalue weighted by Gasteiger charge is -2.41. The zero-order valence-corrected chi connectivity index (χ0v) is 19.8. The zero-order chi connectivity index (χ0) is 22.0. The van der Waals surface area contributed by atoms with Crippen molar-refractivity contribution in [2.75, 3.05) is 31.1 Å². The van der Waals surface area contributed by atoms with Gasteiger partial charge < -0.3 is 10.2 Å². The molecular formula is C21H26BrF2N5OS. The highest BCUT2D eigenvalue weighted by atomic mass is 79.9. The molecule has 0 bridgehead atoms. The number of hydrogen-bond acceptors (Lipinski definition) is 6. The minimum atomic E-state index is -0.782. The van der Waals surface area contributed by atoms with Crippen LogP contribution in [-0.4, -0.2) is 53.0 Å². The summed E-state index contributed by atoms with van der Waals surface area (Å²) in [6, 6.07) is 1.38. The molecule has 2 aliphatic heterocycles. The highest BCUT2D eigenvalue weighted by Crippen LogP contribution is 2.33. The van der Waals surface area contributed by atoms with Gasteiger partial charge in [-0.1, -0.05) is 18.3 Å². The van der Waals surface area contributed by atoms with Gasteiger partial charge in [0.2, 0.25) is 0 Å². The number of nitrogens with zero attached hydrogens (tertiary/aromatic N) is 4. The molecule has 0 radical (unpaired) electrons. The monoisotopic (exact) mass is 513 g/mol. The summed E-state index contributed by atoms with van der Waals surface area (Å²) in [5.74, 6) is -1.11. The fraction of sp³-hybridized carbons (Fsp3) is 0.571. The molecule has 2 saturated heterocycles. The molecule has 0 saturated carbocycles. The first-order valence-electron chi connectivity index (χ1n) is 10.6.